The maximum Gasteiger partial charge on any atom is 0.340 e. The normalized spacial score (nSPS) is 10.8. The fourth-order valence-corrected chi connectivity index (χ4v) is 2.38. The van der Waals surface area contributed by atoms with Gasteiger partial charge in [-0.25, -0.2) is 9.59 Å². The summed E-state index contributed by atoms with van der Waals surface area (Å²) < 4.78 is 6.52. The van der Waals surface area contributed by atoms with Crippen molar-refractivity contribution in [1.82, 2.24) is 4.40 Å². The average molecular weight is 269 g/mol. The highest BCUT2D eigenvalue weighted by Crippen LogP contribution is 2.27. The third-order valence-electron chi connectivity index (χ3n) is 3.27. The zero-order valence-electron chi connectivity index (χ0n) is 10.7. The SMILES string of the molecule is COC(=O)c1c2ccccc2n2cc(C(=O)O)ccc12. The molecule has 1 N–H and O–H groups in total. The fourth-order valence-electron chi connectivity index (χ4n) is 2.38. The Morgan fingerprint density at radius 2 is 1.85 bits per heavy atom. The summed E-state index contributed by atoms with van der Waals surface area (Å²) in [7, 11) is 1.33. The van der Waals surface area contributed by atoms with E-state index in [1.165, 1.54) is 19.4 Å². The number of methoxy groups -OCH3 is 1. The minimum absolute atomic E-state index is 0.162. The molecule has 2 aromatic heterocycles. The van der Waals surface area contributed by atoms with Crippen LogP contribution in [0.5, 0.6) is 0 Å². The molecular weight excluding hydrogens is 258 g/mol. The number of hydrogen-bond donors (Lipinski definition) is 1. The second kappa shape index (κ2) is 4.38. The highest BCUT2D eigenvalue weighted by molar-refractivity contribution is 6.12. The molecule has 0 unspecified atom stereocenters. The number of aromatic nitrogens is 1. The van der Waals surface area contributed by atoms with Gasteiger partial charge in [-0.2, -0.15) is 0 Å². The first-order chi connectivity index (χ1) is 9.63. The van der Waals surface area contributed by atoms with Gasteiger partial charge in [-0.3, -0.25) is 0 Å². The first kappa shape index (κ1) is 12.2. The van der Waals surface area contributed by atoms with Crippen molar-refractivity contribution in [2.24, 2.45) is 0 Å². The van der Waals surface area contributed by atoms with Crippen molar-refractivity contribution in [3.63, 3.8) is 0 Å². The monoisotopic (exact) mass is 269 g/mol. The molecule has 5 heteroatoms. The van der Waals surface area contributed by atoms with Crippen LogP contribution in [0.3, 0.4) is 0 Å². The molecule has 0 spiro atoms. The van der Waals surface area contributed by atoms with Gasteiger partial charge in [-0.15, -0.1) is 0 Å². The Kier molecular flexibility index (Phi) is 2.68. The smallest absolute Gasteiger partial charge is 0.340 e. The Bertz CT molecular complexity index is 848. The molecule has 0 saturated carbocycles. The molecule has 0 bridgehead atoms. The number of aromatic carboxylic acids is 1. The second-order valence-electron chi connectivity index (χ2n) is 4.36. The summed E-state index contributed by atoms with van der Waals surface area (Å²) in [5.74, 6) is -1.45. The molecule has 3 aromatic rings. The average Bonchev–Trinajstić information content (AvgIpc) is 2.80. The Hall–Kier alpha value is -2.82. The number of nitrogens with zero attached hydrogens (tertiary/aromatic N) is 1. The molecule has 0 aliphatic heterocycles. The summed E-state index contributed by atoms with van der Waals surface area (Å²) in [6.07, 6.45) is 1.51. The number of ether oxygens (including phenoxy) is 1. The molecule has 0 saturated heterocycles. The van der Waals surface area contributed by atoms with E-state index >= 15 is 0 Å². The molecule has 1 aromatic carbocycles. The molecule has 0 fully saturated rings. The van der Waals surface area contributed by atoms with E-state index in [1.807, 2.05) is 24.3 Å². The first-order valence-corrected chi connectivity index (χ1v) is 5.98. The number of esters is 1. The van der Waals surface area contributed by atoms with E-state index < -0.39 is 11.9 Å². The van der Waals surface area contributed by atoms with E-state index in [1.54, 1.807) is 10.5 Å². The quantitative estimate of drug-likeness (QED) is 0.726. The van der Waals surface area contributed by atoms with Crippen molar-refractivity contribution >= 4 is 28.4 Å². The van der Waals surface area contributed by atoms with Crippen molar-refractivity contribution in [3.8, 4) is 0 Å². The molecule has 0 atom stereocenters. The van der Waals surface area contributed by atoms with Crippen LogP contribution in [0.4, 0.5) is 0 Å². The Morgan fingerprint density at radius 1 is 1.10 bits per heavy atom. The van der Waals surface area contributed by atoms with Crippen LogP contribution in [-0.4, -0.2) is 28.6 Å². The van der Waals surface area contributed by atoms with Crippen LogP contribution in [0.15, 0.2) is 42.6 Å². The second-order valence-corrected chi connectivity index (χ2v) is 4.36. The van der Waals surface area contributed by atoms with Gasteiger partial charge in [-0.1, -0.05) is 18.2 Å². The maximum absolute atomic E-state index is 12.0. The van der Waals surface area contributed by atoms with E-state index in [-0.39, 0.29) is 5.56 Å². The molecule has 0 aliphatic carbocycles. The molecule has 20 heavy (non-hydrogen) atoms. The van der Waals surface area contributed by atoms with Crippen LogP contribution >= 0.6 is 0 Å². The van der Waals surface area contributed by atoms with Gasteiger partial charge < -0.3 is 14.2 Å². The van der Waals surface area contributed by atoms with Crippen molar-refractivity contribution in [2.75, 3.05) is 7.11 Å². The molecular formula is C15H11NO4. The molecule has 0 aliphatic rings. The fraction of sp³-hybridized carbons (Fsp3) is 0.0667. The predicted octanol–water partition coefficient (Wildman–Crippen LogP) is 2.58. The zero-order valence-corrected chi connectivity index (χ0v) is 10.7. The Labute approximate surface area is 114 Å². The maximum atomic E-state index is 12.0. The van der Waals surface area contributed by atoms with Crippen LogP contribution in [-0.2, 0) is 4.74 Å². The van der Waals surface area contributed by atoms with E-state index in [4.69, 9.17) is 9.84 Å². The van der Waals surface area contributed by atoms with Gasteiger partial charge in [0.1, 0.15) is 0 Å². The number of carbonyl (C=O) groups is 2. The lowest BCUT2D eigenvalue weighted by Crippen LogP contribution is -2.02. The number of rotatable bonds is 2. The van der Waals surface area contributed by atoms with Crippen molar-refractivity contribution in [2.45, 2.75) is 0 Å². The largest absolute Gasteiger partial charge is 0.478 e. The van der Waals surface area contributed by atoms with Gasteiger partial charge in [0.2, 0.25) is 0 Å². The lowest BCUT2D eigenvalue weighted by molar-refractivity contribution is 0.0604. The predicted molar refractivity (Wildman–Crippen MR) is 73.2 cm³/mol. The molecule has 0 radical (unpaired) electrons. The molecule has 100 valence electrons. The zero-order chi connectivity index (χ0) is 14.3. The van der Waals surface area contributed by atoms with Crippen molar-refractivity contribution in [1.29, 1.82) is 0 Å². The number of fused-ring (bicyclic) bond motifs is 3. The number of benzene rings is 1. The van der Waals surface area contributed by atoms with E-state index in [0.717, 1.165) is 10.9 Å². The summed E-state index contributed by atoms with van der Waals surface area (Å²) in [6, 6.07) is 10.4. The van der Waals surface area contributed by atoms with Gasteiger partial charge in [0, 0.05) is 11.6 Å². The topological polar surface area (TPSA) is 68.0 Å². The molecule has 0 amide bonds. The van der Waals surface area contributed by atoms with Gasteiger partial charge in [0.05, 0.1) is 29.3 Å². The summed E-state index contributed by atoms with van der Waals surface area (Å²) >= 11 is 0. The molecule has 5 nitrogen and oxygen atoms in total. The highest BCUT2D eigenvalue weighted by atomic mass is 16.5. The molecule has 3 rings (SSSR count). The Balaban J connectivity index is 2.47. The third kappa shape index (κ3) is 1.64. The van der Waals surface area contributed by atoms with Crippen LogP contribution < -0.4 is 0 Å². The summed E-state index contributed by atoms with van der Waals surface area (Å²) in [4.78, 5) is 23.0. The van der Waals surface area contributed by atoms with E-state index in [2.05, 4.69) is 0 Å². The summed E-state index contributed by atoms with van der Waals surface area (Å²) in [5, 5.41) is 9.81. The summed E-state index contributed by atoms with van der Waals surface area (Å²) in [5.41, 5.74) is 2.00. The van der Waals surface area contributed by atoms with Crippen LogP contribution in [0, 0.1) is 0 Å². The number of carboxylic acid groups (broad SMARTS) is 1. The lowest BCUT2D eigenvalue weighted by atomic mass is 10.1. The number of pyridine rings is 1. The lowest BCUT2D eigenvalue weighted by Gasteiger charge is -2.00. The standard InChI is InChI=1S/C15H11NO4/c1-20-15(19)13-10-4-2-3-5-11(10)16-8-9(14(17)18)6-7-12(13)16/h2-8H,1H3,(H,17,18). The summed E-state index contributed by atoms with van der Waals surface area (Å²) in [6.45, 7) is 0. The van der Waals surface area contributed by atoms with Gasteiger partial charge in [0.25, 0.3) is 0 Å². The van der Waals surface area contributed by atoms with Crippen molar-refractivity contribution in [3.05, 3.63) is 53.7 Å². The minimum atomic E-state index is -1.01. The van der Waals surface area contributed by atoms with Crippen molar-refractivity contribution < 1.29 is 19.4 Å². The van der Waals surface area contributed by atoms with Crippen LogP contribution in [0.1, 0.15) is 20.7 Å². The number of para-hydroxylation sites is 1. The van der Waals surface area contributed by atoms with Crippen LogP contribution in [0.2, 0.25) is 0 Å². The Morgan fingerprint density at radius 3 is 2.55 bits per heavy atom. The van der Waals surface area contributed by atoms with Gasteiger partial charge in [0.15, 0.2) is 0 Å². The minimum Gasteiger partial charge on any atom is -0.478 e. The third-order valence-corrected chi connectivity index (χ3v) is 3.27. The van der Waals surface area contributed by atoms with E-state index in [9.17, 15) is 9.59 Å². The number of hydrogen-bond acceptors (Lipinski definition) is 3. The number of carboxylic acids is 1. The van der Waals surface area contributed by atoms with Crippen LogP contribution in [0.25, 0.3) is 16.4 Å². The van der Waals surface area contributed by atoms with Gasteiger partial charge in [-0.05, 0) is 18.2 Å². The van der Waals surface area contributed by atoms with Gasteiger partial charge >= 0.3 is 11.9 Å². The van der Waals surface area contributed by atoms with E-state index in [0.29, 0.717) is 11.1 Å². The highest BCUT2D eigenvalue weighted by Gasteiger charge is 2.19. The number of carbonyl (C=O) groups excluding carboxylic acids is 1. The first-order valence-electron chi connectivity index (χ1n) is 5.98. The molecule has 2 heterocycles.